The van der Waals surface area contributed by atoms with E-state index in [1.54, 1.807) is 0 Å². The predicted molar refractivity (Wildman–Crippen MR) is 62.2 cm³/mol. The van der Waals surface area contributed by atoms with Crippen molar-refractivity contribution in [1.82, 2.24) is 0 Å². The molecule has 0 saturated carbocycles. The van der Waals surface area contributed by atoms with Gasteiger partial charge >= 0.3 is 0 Å². The van der Waals surface area contributed by atoms with Crippen molar-refractivity contribution in [3.05, 3.63) is 29.8 Å². The lowest BCUT2D eigenvalue weighted by Crippen LogP contribution is -2.14. The summed E-state index contributed by atoms with van der Waals surface area (Å²) >= 11 is 0. The van der Waals surface area contributed by atoms with Gasteiger partial charge in [-0.3, -0.25) is 4.79 Å². The van der Waals surface area contributed by atoms with Crippen LogP contribution in [0.4, 0.5) is 5.69 Å². The van der Waals surface area contributed by atoms with Crippen molar-refractivity contribution in [1.29, 1.82) is 0 Å². The number of anilines is 1. The summed E-state index contributed by atoms with van der Waals surface area (Å²) in [5.74, 6) is 0.474. The van der Waals surface area contributed by atoms with Gasteiger partial charge in [-0.25, -0.2) is 0 Å². The van der Waals surface area contributed by atoms with Crippen LogP contribution in [0.15, 0.2) is 24.3 Å². The average Bonchev–Trinajstić information content (AvgIpc) is 2.69. The van der Waals surface area contributed by atoms with Crippen molar-refractivity contribution in [2.24, 2.45) is 0 Å². The first kappa shape index (κ1) is 10.2. The van der Waals surface area contributed by atoms with Crippen LogP contribution in [0.1, 0.15) is 37.7 Å². The number of ketones is 1. The molecule has 15 heavy (non-hydrogen) atoms. The minimum absolute atomic E-state index is 0.0905. The molecule has 0 aromatic heterocycles. The van der Waals surface area contributed by atoms with Crippen molar-refractivity contribution in [3.8, 4) is 0 Å². The summed E-state index contributed by atoms with van der Waals surface area (Å²) < 4.78 is 0. The largest absolute Gasteiger partial charge is 0.384 e. The number of hydrogen-bond acceptors (Lipinski definition) is 2. The zero-order chi connectivity index (χ0) is 10.7. The van der Waals surface area contributed by atoms with Gasteiger partial charge in [-0.15, -0.1) is 0 Å². The number of Topliss-reactive ketones (excluding diaryl/α,β-unsaturated/α-hetero) is 1. The summed E-state index contributed by atoms with van der Waals surface area (Å²) in [4.78, 5) is 11.9. The van der Waals surface area contributed by atoms with Gasteiger partial charge in [0.15, 0.2) is 0 Å². The lowest BCUT2D eigenvalue weighted by molar-refractivity contribution is -0.120. The highest BCUT2D eigenvalue weighted by atomic mass is 16.1. The molecule has 1 aliphatic rings. The highest BCUT2D eigenvalue weighted by Crippen LogP contribution is 2.32. The first-order valence-electron chi connectivity index (χ1n) is 5.68. The van der Waals surface area contributed by atoms with Gasteiger partial charge in [0.25, 0.3) is 0 Å². The Hall–Kier alpha value is -1.31. The van der Waals surface area contributed by atoms with Crippen LogP contribution in [0.2, 0.25) is 0 Å². The van der Waals surface area contributed by atoms with Gasteiger partial charge in [0.05, 0.1) is 5.92 Å². The van der Waals surface area contributed by atoms with Crippen LogP contribution >= 0.6 is 0 Å². The maximum atomic E-state index is 11.9. The summed E-state index contributed by atoms with van der Waals surface area (Å²) in [5.41, 5.74) is 2.31. The van der Waals surface area contributed by atoms with Crippen LogP contribution in [0.3, 0.4) is 0 Å². The number of carbonyl (C=O) groups excluding carboxylic acids is 1. The van der Waals surface area contributed by atoms with E-state index in [0.29, 0.717) is 5.78 Å². The third kappa shape index (κ3) is 2.04. The summed E-state index contributed by atoms with van der Waals surface area (Å²) in [5, 5.41) is 3.29. The number of carbonyl (C=O) groups is 1. The molecule has 1 unspecified atom stereocenters. The molecule has 0 fully saturated rings. The first-order valence-corrected chi connectivity index (χ1v) is 5.68. The monoisotopic (exact) mass is 203 g/mol. The Morgan fingerprint density at radius 2 is 2.27 bits per heavy atom. The Morgan fingerprint density at radius 1 is 1.47 bits per heavy atom. The Morgan fingerprint density at radius 3 is 3.07 bits per heavy atom. The topological polar surface area (TPSA) is 29.1 Å². The first-order chi connectivity index (χ1) is 7.33. The molecule has 0 saturated heterocycles. The summed E-state index contributed by atoms with van der Waals surface area (Å²) in [6, 6.07) is 8.11. The maximum absolute atomic E-state index is 11.9. The van der Waals surface area contributed by atoms with E-state index in [-0.39, 0.29) is 5.92 Å². The summed E-state index contributed by atoms with van der Waals surface area (Å²) in [6.07, 6.45) is 2.82. The van der Waals surface area contributed by atoms with Gasteiger partial charge in [0.2, 0.25) is 0 Å². The van der Waals surface area contributed by atoms with Crippen LogP contribution in [0.25, 0.3) is 0 Å². The molecule has 1 aliphatic heterocycles. The number of nitrogens with one attached hydrogen (secondary N) is 1. The van der Waals surface area contributed by atoms with Gasteiger partial charge in [0, 0.05) is 18.7 Å². The SMILES string of the molecule is CCCCC(=O)C1CNc2ccccc21. The summed E-state index contributed by atoms with van der Waals surface area (Å²) in [7, 11) is 0. The number of fused-ring (bicyclic) bond motifs is 1. The molecule has 2 heteroatoms. The molecule has 2 rings (SSSR count). The number of hydrogen-bond donors (Lipinski definition) is 1. The molecular formula is C13H17NO. The van der Waals surface area contributed by atoms with Gasteiger partial charge in [0.1, 0.15) is 5.78 Å². The van der Waals surface area contributed by atoms with E-state index in [1.807, 2.05) is 18.2 Å². The molecule has 80 valence electrons. The van der Waals surface area contributed by atoms with Gasteiger partial charge in [-0.05, 0) is 18.1 Å². The van der Waals surface area contributed by atoms with E-state index in [4.69, 9.17) is 0 Å². The molecule has 1 heterocycles. The quantitative estimate of drug-likeness (QED) is 0.815. The zero-order valence-electron chi connectivity index (χ0n) is 9.12. The van der Waals surface area contributed by atoms with Crippen molar-refractivity contribution >= 4 is 11.5 Å². The fourth-order valence-electron chi connectivity index (χ4n) is 2.10. The van der Waals surface area contributed by atoms with E-state index in [2.05, 4.69) is 18.3 Å². The summed E-state index contributed by atoms with van der Waals surface area (Å²) in [6.45, 7) is 2.90. The molecule has 0 amide bonds. The minimum atomic E-state index is 0.0905. The van der Waals surface area contributed by atoms with E-state index in [1.165, 1.54) is 5.56 Å². The number of rotatable bonds is 4. The number of unbranched alkanes of at least 4 members (excludes halogenated alkanes) is 1. The Kier molecular flexibility index (Phi) is 3.05. The molecule has 0 aliphatic carbocycles. The molecule has 0 radical (unpaired) electrons. The van der Waals surface area contributed by atoms with Crippen LogP contribution in [0.5, 0.6) is 0 Å². The zero-order valence-corrected chi connectivity index (χ0v) is 9.12. The van der Waals surface area contributed by atoms with Gasteiger partial charge < -0.3 is 5.32 Å². The van der Waals surface area contributed by atoms with Gasteiger partial charge in [-0.1, -0.05) is 31.5 Å². The van der Waals surface area contributed by atoms with Gasteiger partial charge in [-0.2, -0.15) is 0 Å². The predicted octanol–water partition coefficient (Wildman–Crippen LogP) is 2.96. The average molecular weight is 203 g/mol. The number of para-hydroxylation sites is 1. The number of benzene rings is 1. The third-order valence-corrected chi connectivity index (χ3v) is 3.00. The molecule has 1 aromatic carbocycles. The second kappa shape index (κ2) is 4.47. The van der Waals surface area contributed by atoms with Crippen LogP contribution in [-0.2, 0) is 4.79 Å². The van der Waals surface area contributed by atoms with E-state index in [9.17, 15) is 4.79 Å². The lowest BCUT2D eigenvalue weighted by atomic mass is 9.94. The Bertz CT molecular complexity index is 359. The van der Waals surface area contributed by atoms with Crippen LogP contribution in [0, 0.1) is 0 Å². The molecule has 0 bridgehead atoms. The van der Waals surface area contributed by atoms with Crippen molar-refractivity contribution in [2.75, 3.05) is 11.9 Å². The van der Waals surface area contributed by atoms with Crippen molar-refractivity contribution in [2.45, 2.75) is 32.1 Å². The minimum Gasteiger partial charge on any atom is -0.384 e. The Balaban J connectivity index is 2.10. The van der Waals surface area contributed by atoms with E-state index in [0.717, 1.165) is 31.5 Å². The second-order valence-corrected chi connectivity index (χ2v) is 4.09. The highest BCUT2D eigenvalue weighted by molar-refractivity contribution is 5.89. The fourth-order valence-corrected chi connectivity index (χ4v) is 2.10. The third-order valence-electron chi connectivity index (χ3n) is 3.00. The molecule has 2 nitrogen and oxygen atoms in total. The normalized spacial score (nSPS) is 18.3. The molecule has 1 aromatic rings. The highest BCUT2D eigenvalue weighted by Gasteiger charge is 2.26. The van der Waals surface area contributed by atoms with E-state index >= 15 is 0 Å². The lowest BCUT2D eigenvalue weighted by Gasteiger charge is -2.08. The van der Waals surface area contributed by atoms with Crippen LogP contribution < -0.4 is 5.32 Å². The molecule has 1 N–H and O–H groups in total. The van der Waals surface area contributed by atoms with Crippen molar-refractivity contribution < 1.29 is 4.79 Å². The fraction of sp³-hybridized carbons (Fsp3) is 0.462. The van der Waals surface area contributed by atoms with Crippen LogP contribution in [-0.4, -0.2) is 12.3 Å². The van der Waals surface area contributed by atoms with E-state index < -0.39 is 0 Å². The standard InChI is InChI=1S/C13H17NO/c1-2-3-8-13(15)11-9-14-12-7-5-4-6-10(11)12/h4-7,11,14H,2-3,8-9H2,1H3. The molecule has 1 atom stereocenters. The smallest absolute Gasteiger partial charge is 0.142 e. The molecule has 0 spiro atoms. The van der Waals surface area contributed by atoms with Crippen molar-refractivity contribution in [3.63, 3.8) is 0 Å². The Labute approximate surface area is 90.7 Å². The molecular weight excluding hydrogens is 186 g/mol. The second-order valence-electron chi connectivity index (χ2n) is 4.09. The maximum Gasteiger partial charge on any atom is 0.142 e.